The van der Waals surface area contributed by atoms with Crippen LogP contribution in [0.15, 0.2) is 72.8 Å². The second kappa shape index (κ2) is 10.6. The summed E-state index contributed by atoms with van der Waals surface area (Å²) in [6.45, 7) is 5.47. The van der Waals surface area contributed by atoms with E-state index in [9.17, 15) is 9.59 Å². The van der Waals surface area contributed by atoms with Crippen LogP contribution in [0.3, 0.4) is 0 Å². The van der Waals surface area contributed by atoms with Crippen LogP contribution in [0.25, 0.3) is 16.8 Å². The average Bonchev–Trinajstić information content (AvgIpc) is 3.17. The number of nitrogens with one attached hydrogen (secondary N) is 1. The van der Waals surface area contributed by atoms with Crippen LogP contribution in [-0.2, 0) is 11.2 Å². The number of esters is 1. The summed E-state index contributed by atoms with van der Waals surface area (Å²) in [6, 6.07) is 22.1. The Bertz CT molecular complexity index is 1360. The Morgan fingerprint density at radius 2 is 1.74 bits per heavy atom. The van der Waals surface area contributed by atoms with Gasteiger partial charge in [-0.1, -0.05) is 60.8 Å². The van der Waals surface area contributed by atoms with E-state index in [-0.39, 0.29) is 5.91 Å². The molecule has 4 aromatic rings. The fourth-order valence-corrected chi connectivity index (χ4v) is 3.98. The standard InChI is InChI=1S/C28H26ClN3O3/c1-4-6-25-26(28(35-19(3)33)32(31-25)24-15-9-18(2)10-16-24)20-11-13-23(14-12-20)30-27(34)21-7-5-8-22(29)17-21/h5,7-17H,4,6H2,1-3H3,(H,30,34). The van der Waals surface area contributed by atoms with Gasteiger partial charge in [0.05, 0.1) is 16.9 Å². The third-order valence-corrected chi connectivity index (χ3v) is 5.67. The lowest BCUT2D eigenvalue weighted by Crippen LogP contribution is -2.11. The number of hydrogen-bond donors (Lipinski definition) is 1. The van der Waals surface area contributed by atoms with Crippen LogP contribution < -0.4 is 10.1 Å². The van der Waals surface area contributed by atoms with Crippen molar-refractivity contribution in [2.24, 2.45) is 0 Å². The molecule has 1 amide bonds. The van der Waals surface area contributed by atoms with E-state index in [1.165, 1.54) is 6.92 Å². The third-order valence-electron chi connectivity index (χ3n) is 5.44. The van der Waals surface area contributed by atoms with E-state index >= 15 is 0 Å². The Morgan fingerprint density at radius 3 is 2.37 bits per heavy atom. The smallest absolute Gasteiger partial charge is 0.309 e. The predicted octanol–water partition coefficient (Wildman–Crippen LogP) is 6.63. The summed E-state index contributed by atoms with van der Waals surface area (Å²) < 4.78 is 7.36. The summed E-state index contributed by atoms with van der Waals surface area (Å²) in [6.07, 6.45) is 1.60. The van der Waals surface area contributed by atoms with E-state index in [4.69, 9.17) is 21.4 Å². The highest BCUT2D eigenvalue weighted by Crippen LogP contribution is 2.37. The molecule has 0 aliphatic heterocycles. The van der Waals surface area contributed by atoms with Crippen molar-refractivity contribution in [1.29, 1.82) is 0 Å². The van der Waals surface area contributed by atoms with Gasteiger partial charge in [-0.05, 0) is 61.4 Å². The molecule has 0 unspecified atom stereocenters. The number of rotatable bonds is 7. The normalized spacial score (nSPS) is 10.7. The number of carbonyl (C=O) groups is 2. The van der Waals surface area contributed by atoms with E-state index < -0.39 is 5.97 Å². The molecule has 178 valence electrons. The molecule has 4 rings (SSSR count). The number of carbonyl (C=O) groups excluding carboxylic acids is 2. The lowest BCUT2D eigenvalue weighted by molar-refractivity contribution is -0.132. The molecule has 7 heteroatoms. The van der Waals surface area contributed by atoms with E-state index in [2.05, 4.69) is 12.2 Å². The predicted molar refractivity (Wildman–Crippen MR) is 138 cm³/mol. The molecule has 1 heterocycles. The first-order chi connectivity index (χ1) is 16.9. The summed E-state index contributed by atoms with van der Waals surface area (Å²) in [5.74, 6) is -0.298. The Labute approximate surface area is 209 Å². The van der Waals surface area contributed by atoms with Gasteiger partial charge in [0.25, 0.3) is 5.91 Å². The summed E-state index contributed by atoms with van der Waals surface area (Å²) >= 11 is 6.00. The van der Waals surface area contributed by atoms with Crippen LogP contribution in [0.4, 0.5) is 5.69 Å². The highest BCUT2D eigenvalue weighted by atomic mass is 35.5. The molecule has 0 radical (unpaired) electrons. The largest absolute Gasteiger partial charge is 0.407 e. The molecular formula is C28H26ClN3O3. The van der Waals surface area contributed by atoms with Gasteiger partial charge in [0.1, 0.15) is 0 Å². The van der Waals surface area contributed by atoms with Crippen molar-refractivity contribution in [3.63, 3.8) is 0 Å². The fraction of sp³-hybridized carbons (Fsp3) is 0.179. The number of amides is 1. The number of anilines is 1. The monoisotopic (exact) mass is 487 g/mol. The fourth-order valence-electron chi connectivity index (χ4n) is 3.79. The number of hydrogen-bond acceptors (Lipinski definition) is 4. The Kier molecular flexibility index (Phi) is 7.32. The minimum Gasteiger partial charge on any atom is -0.407 e. The molecule has 0 bridgehead atoms. The van der Waals surface area contributed by atoms with Gasteiger partial charge >= 0.3 is 5.97 Å². The van der Waals surface area contributed by atoms with Gasteiger partial charge < -0.3 is 10.1 Å². The van der Waals surface area contributed by atoms with Gasteiger partial charge in [-0.2, -0.15) is 9.78 Å². The maximum Gasteiger partial charge on any atom is 0.309 e. The zero-order valence-corrected chi connectivity index (χ0v) is 20.6. The van der Waals surface area contributed by atoms with Crippen molar-refractivity contribution in [3.05, 3.63) is 94.6 Å². The van der Waals surface area contributed by atoms with Crippen molar-refractivity contribution >= 4 is 29.2 Å². The molecule has 3 aromatic carbocycles. The van der Waals surface area contributed by atoms with Crippen LogP contribution in [0, 0.1) is 6.92 Å². The van der Waals surface area contributed by atoms with Crippen molar-refractivity contribution in [1.82, 2.24) is 9.78 Å². The SMILES string of the molecule is CCCc1nn(-c2ccc(C)cc2)c(OC(C)=O)c1-c1ccc(NC(=O)c2cccc(Cl)c2)cc1. The minimum atomic E-state index is -0.423. The third kappa shape index (κ3) is 5.61. The van der Waals surface area contributed by atoms with E-state index in [0.717, 1.165) is 40.9 Å². The Balaban J connectivity index is 1.71. The highest BCUT2D eigenvalue weighted by molar-refractivity contribution is 6.31. The van der Waals surface area contributed by atoms with Crippen LogP contribution in [-0.4, -0.2) is 21.7 Å². The molecule has 0 atom stereocenters. The van der Waals surface area contributed by atoms with Crippen molar-refractivity contribution in [3.8, 4) is 22.7 Å². The zero-order valence-electron chi connectivity index (χ0n) is 19.8. The van der Waals surface area contributed by atoms with Gasteiger partial charge in [0, 0.05) is 23.2 Å². The molecule has 0 aliphatic carbocycles. The number of halogens is 1. The summed E-state index contributed by atoms with van der Waals surface area (Å²) in [4.78, 5) is 24.6. The molecule has 1 aromatic heterocycles. The number of aryl methyl sites for hydroxylation is 2. The van der Waals surface area contributed by atoms with Crippen LogP contribution in [0.1, 0.15) is 41.9 Å². The molecule has 35 heavy (non-hydrogen) atoms. The van der Waals surface area contributed by atoms with Crippen molar-refractivity contribution in [2.45, 2.75) is 33.6 Å². The number of nitrogens with zero attached hydrogens (tertiary/aromatic N) is 2. The van der Waals surface area contributed by atoms with Crippen LogP contribution >= 0.6 is 11.6 Å². The Hall–Kier alpha value is -3.90. The molecule has 0 saturated carbocycles. The lowest BCUT2D eigenvalue weighted by atomic mass is 10.0. The van der Waals surface area contributed by atoms with Crippen LogP contribution in [0.5, 0.6) is 5.88 Å². The first-order valence-electron chi connectivity index (χ1n) is 11.4. The average molecular weight is 488 g/mol. The van der Waals surface area contributed by atoms with Gasteiger partial charge in [0.15, 0.2) is 0 Å². The molecule has 6 nitrogen and oxygen atoms in total. The summed E-state index contributed by atoms with van der Waals surface area (Å²) in [5.41, 5.74) is 5.47. The van der Waals surface area contributed by atoms with Gasteiger partial charge in [0.2, 0.25) is 5.88 Å². The molecule has 0 spiro atoms. The van der Waals surface area contributed by atoms with Gasteiger partial charge in [-0.3, -0.25) is 9.59 Å². The van der Waals surface area contributed by atoms with E-state index in [1.54, 1.807) is 28.9 Å². The minimum absolute atomic E-state index is 0.250. The quantitative estimate of drug-likeness (QED) is 0.297. The highest BCUT2D eigenvalue weighted by Gasteiger charge is 2.23. The van der Waals surface area contributed by atoms with E-state index in [0.29, 0.717) is 22.2 Å². The molecule has 0 saturated heterocycles. The molecule has 0 fully saturated rings. The number of aromatic nitrogens is 2. The Morgan fingerprint density at radius 1 is 1.03 bits per heavy atom. The van der Waals surface area contributed by atoms with Crippen LogP contribution in [0.2, 0.25) is 5.02 Å². The maximum atomic E-state index is 12.6. The summed E-state index contributed by atoms with van der Waals surface area (Å²) in [7, 11) is 0. The number of ether oxygens (including phenoxy) is 1. The maximum absolute atomic E-state index is 12.6. The topological polar surface area (TPSA) is 73.2 Å². The molecule has 0 aliphatic rings. The van der Waals surface area contributed by atoms with Crippen molar-refractivity contribution in [2.75, 3.05) is 5.32 Å². The second-order valence-electron chi connectivity index (χ2n) is 8.26. The van der Waals surface area contributed by atoms with Gasteiger partial charge in [-0.25, -0.2) is 0 Å². The molecule has 1 N–H and O–H groups in total. The summed E-state index contributed by atoms with van der Waals surface area (Å²) in [5, 5.41) is 8.19. The van der Waals surface area contributed by atoms with Gasteiger partial charge in [-0.15, -0.1) is 0 Å². The second-order valence-corrected chi connectivity index (χ2v) is 8.70. The first-order valence-corrected chi connectivity index (χ1v) is 11.8. The zero-order chi connectivity index (χ0) is 24.9. The molecular weight excluding hydrogens is 462 g/mol. The lowest BCUT2D eigenvalue weighted by Gasteiger charge is -2.11. The van der Waals surface area contributed by atoms with E-state index in [1.807, 2.05) is 55.5 Å². The first kappa shape index (κ1) is 24.2. The number of benzene rings is 3. The van der Waals surface area contributed by atoms with Crippen molar-refractivity contribution < 1.29 is 14.3 Å².